The number of morpholine rings is 1. The maximum absolute atomic E-state index is 12.2. The molecule has 7 heteroatoms. The van der Waals surface area contributed by atoms with Gasteiger partial charge in [-0.3, -0.25) is 4.79 Å². The molecule has 2 aliphatic heterocycles. The van der Waals surface area contributed by atoms with E-state index in [1.807, 2.05) is 11.8 Å². The lowest BCUT2D eigenvalue weighted by Crippen LogP contribution is -2.49. The number of anilines is 2. The molecule has 25 heavy (non-hydrogen) atoms. The Hall–Kier alpha value is -1.89. The van der Waals surface area contributed by atoms with Crippen molar-refractivity contribution in [1.82, 2.24) is 14.9 Å². The second-order valence-electron chi connectivity index (χ2n) is 7.20. The van der Waals surface area contributed by atoms with Gasteiger partial charge in [0.15, 0.2) is 0 Å². The normalized spacial score (nSPS) is 18.8. The van der Waals surface area contributed by atoms with E-state index in [0.717, 1.165) is 69.9 Å². The molecule has 2 fully saturated rings. The zero-order chi connectivity index (χ0) is 17.8. The van der Waals surface area contributed by atoms with E-state index < -0.39 is 0 Å². The number of nitrogens with zero attached hydrogens (tertiary/aromatic N) is 5. The first-order valence-corrected chi connectivity index (χ1v) is 9.24. The molecule has 0 aromatic carbocycles. The molecule has 0 atom stereocenters. The fourth-order valence-electron chi connectivity index (χ4n) is 3.32. The highest BCUT2D eigenvalue weighted by molar-refractivity contribution is 5.76. The largest absolute Gasteiger partial charge is 0.378 e. The Balaban J connectivity index is 1.64. The third-order valence-corrected chi connectivity index (χ3v) is 4.69. The van der Waals surface area contributed by atoms with Crippen molar-refractivity contribution in [3.63, 3.8) is 0 Å². The van der Waals surface area contributed by atoms with Gasteiger partial charge in [0.05, 0.1) is 13.2 Å². The quantitative estimate of drug-likeness (QED) is 0.819. The highest BCUT2D eigenvalue weighted by atomic mass is 16.5. The highest BCUT2D eigenvalue weighted by Gasteiger charge is 2.23. The number of aryl methyl sites for hydroxylation is 1. The average molecular weight is 347 g/mol. The Morgan fingerprint density at radius 1 is 1.04 bits per heavy atom. The van der Waals surface area contributed by atoms with Crippen molar-refractivity contribution in [3.8, 4) is 0 Å². The molecule has 2 aliphatic rings. The minimum Gasteiger partial charge on any atom is -0.378 e. The second kappa shape index (κ2) is 7.99. The zero-order valence-electron chi connectivity index (χ0n) is 15.6. The average Bonchev–Trinajstić information content (AvgIpc) is 2.61. The number of aromatic nitrogens is 2. The first kappa shape index (κ1) is 17.9. The summed E-state index contributed by atoms with van der Waals surface area (Å²) in [6, 6.07) is 2.07. The molecule has 1 aromatic heterocycles. The van der Waals surface area contributed by atoms with E-state index in [0.29, 0.717) is 12.3 Å². The van der Waals surface area contributed by atoms with Gasteiger partial charge in [0, 0.05) is 51.8 Å². The van der Waals surface area contributed by atoms with Gasteiger partial charge in [-0.25, -0.2) is 9.97 Å². The number of hydrogen-bond acceptors (Lipinski definition) is 6. The van der Waals surface area contributed by atoms with E-state index in [1.54, 1.807) is 0 Å². The molecule has 0 radical (unpaired) electrons. The predicted octanol–water partition coefficient (Wildman–Crippen LogP) is 1.32. The second-order valence-corrected chi connectivity index (χ2v) is 7.20. The maximum Gasteiger partial charge on any atom is 0.222 e. The number of carbonyl (C=O) groups is 1. The van der Waals surface area contributed by atoms with Gasteiger partial charge in [-0.15, -0.1) is 0 Å². The Bertz CT molecular complexity index is 593. The smallest absolute Gasteiger partial charge is 0.222 e. The number of carbonyl (C=O) groups excluding carboxylic acids is 1. The molecule has 1 aromatic rings. The highest BCUT2D eigenvalue weighted by Crippen LogP contribution is 2.21. The van der Waals surface area contributed by atoms with Gasteiger partial charge >= 0.3 is 0 Å². The summed E-state index contributed by atoms with van der Waals surface area (Å²) in [4.78, 5) is 27.9. The third-order valence-electron chi connectivity index (χ3n) is 4.69. The fourth-order valence-corrected chi connectivity index (χ4v) is 3.32. The lowest BCUT2D eigenvalue weighted by molar-refractivity contribution is -0.132. The molecule has 0 bridgehead atoms. The Kier molecular flexibility index (Phi) is 5.73. The summed E-state index contributed by atoms with van der Waals surface area (Å²) in [5.41, 5.74) is 0. The van der Waals surface area contributed by atoms with Crippen LogP contribution in [0, 0.1) is 12.8 Å². The van der Waals surface area contributed by atoms with E-state index in [9.17, 15) is 4.79 Å². The third kappa shape index (κ3) is 4.60. The van der Waals surface area contributed by atoms with Crippen LogP contribution >= 0.6 is 0 Å². The van der Waals surface area contributed by atoms with Crippen molar-refractivity contribution < 1.29 is 9.53 Å². The van der Waals surface area contributed by atoms with Crippen LogP contribution in [0.25, 0.3) is 0 Å². The van der Waals surface area contributed by atoms with Gasteiger partial charge in [-0.2, -0.15) is 0 Å². The van der Waals surface area contributed by atoms with Gasteiger partial charge in [-0.1, -0.05) is 13.8 Å². The van der Waals surface area contributed by atoms with Crippen molar-refractivity contribution in [2.24, 2.45) is 5.92 Å². The van der Waals surface area contributed by atoms with Crippen LogP contribution in [-0.2, 0) is 9.53 Å². The van der Waals surface area contributed by atoms with Crippen LogP contribution in [-0.4, -0.2) is 73.3 Å². The van der Waals surface area contributed by atoms with Crippen LogP contribution in [0.5, 0.6) is 0 Å². The van der Waals surface area contributed by atoms with E-state index in [1.165, 1.54) is 0 Å². The summed E-state index contributed by atoms with van der Waals surface area (Å²) in [5.74, 6) is 3.40. The molecule has 1 amide bonds. The van der Waals surface area contributed by atoms with Crippen LogP contribution in [0.4, 0.5) is 11.6 Å². The molecule has 0 N–H and O–H groups in total. The van der Waals surface area contributed by atoms with Crippen LogP contribution in [0.3, 0.4) is 0 Å². The maximum atomic E-state index is 12.2. The summed E-state index contributed by atoms with van der Waals surface area (Å²) < 4.78 is 5.43. The van der Waals surface area contributed by atoms with Gasteiger partial charge in [-0.05, 0) is 12.8 Å². The Morgan fingerprint density at radius 3 is 2.16 bits per heavy atom. The monoisotopic (exact) mass is 347 g/mol. The van der Waals surface area contributed by atoms with E-state index in [2.05, 4.69) is 39.7 Å². The van der Waals surface area contributed by atoms with Crippen molar-refractivity contribution in [2.45, 2.75) is 27.2 Å². The molecule has 0 unspecified atom stereocenters. The van der Waals surface area contributed by atoms with E-state index in [4.69, 9.17) is 4.74 Å². The Labute approximate surface area is 150 Å². The number of amides is 1. The number of hydrogen-bond donors (Lipinski definition) is 0. The first-order valence-electron chi connectivity index (χ1n) is 9.24. The predicted molar refractivity (Wildman–Crippen MR) is 98.0 cm³/mol. The van der Waals surface area contributed by atoms with Gasteiger partial charge in [0.25, 0.3) is 0 Å². The topological polar surface area (TPSA) is 61.8 Å². The summed E-state index contributed by atoms with van der Waals surface area (Å²) in [6.07, 6.45) is 0.633. The first-order chi connectivity index (χ1) is 12.0. The standard InChI is InChI=1S/C18H29N5O2/c1-14(2)12-18(24)23-6-4-21(5-7-23)16-13-17(20-15(3)19-16)22-8-10-25-11-9-22/h13-14H,4-12H2,1-3H3. The zero-order valence-corrected chi connectivity index (χ0v) is 15.6. The van der Waals surface area contributed by atoms with Crippen LogP contribution in [0.1, 0.15) is 26.1 Å². The summed E-state index contributed by atoms with van der Waals surface area (Å²) in [7, 11) is 0. The molecule has 3 heterocycles. The molecule has 7 nitrogen and oxygen atoms in total. The Morgan fingerprint density at radius 2 is 1.60 bits per heavy atom. The minimum atomic E-state index is 0.266. The molecular weight excluding hydrogens is 318 g/mol. The summed E-state index contributed by atoms with van der Waals surface area (Å²) >= 11 is 0. The van der Waals surface area contributed by atoms with Crippen molar-refractivity contribution in [2.75, 3.05) is 62.3 Å². The minimum absolute atomic E-state index is 0.266. The van der Waals surface area contributed by atoms with Gasteiger partial charge in [0.1, 0.15) is 17.5 Å². The molecule has 0 aliphatic carbocycles. The van der Waals surface area contributed by atoms with Gasteiger partial charge < -0.3 is 19.4 Å². The summed E-state index contributed by atoms with van der Waals surface area (Å²) in [5, 5.41) is 0. The molecule has 2 saturated heterocycles. The van der Waals surface area contributed by atoms with Crippen molar-refractivity contribution in [1.29, 1.82) is 0 Å². The van der Waals surface area contributed by atoms with Crippen LogP contribution in [0.2, 0.25) is 0 Å². The summed E-state index contributed by atoms with van der Waals surface area (Å²) in [6.45, 7) is 12.5. The van der Waals surface area contributed by atoms with E-state index >= 15 is 0 Å². The van der Waals surface area contributed by atoms with Gasteiger partial charge in [0.2, 0.25) is 5.91 Å². The fraction of sp³-hybridized carbons (Fsp3) is 0.722. The number of ether oxygens (including phenoxy) is 1. The lowest BCUT2D eigenvalue weighted by atomic mass is 10.1. The molecule has 3 rings (SSSR count). The molecular formula is C18H29N5O2. The number of piperazine rings is 1. The molecule has 138 valence electrons. The number of rotatable bonds is 4. The molecule has 0 spiro atoms. The van der Waals surface area contributed by atoms with Crippen LogP contribution < -0.4 is 9.80 Å². The van der Waals surface area contributed by atoms with Crippen molar-refractivity contribution in [3.05, 3.63) is 11.9 Å². The SMILES string of the molecule is Cc1nc(N2CCOCC2)cc(N2CCN(C(=O)CC(C)C)CC2)n1. The van der Waals surface area contributed by atoms with Crippen molar-refractivity contribution >= 4 is 17.5 Å². The van der Waals surface area contributed by atoms with E-state index in [-0.39, 0.29) is 5.91 Å². The lowest BCUT2D eigenvalue weighted by Gasteiger charge is -2.36. The molecule has 0 saturated carbocycles. The van der Waals surface area contributed by atoms with Crippen LogP contribution in [0.15, 0.2) is 6.07 Å².